The van der Waals surface area contributed by atoms with Crippen molar-refractivity contribution < 1.29 is 19.0 Å². The summed E-state index contributed by atoms with van der Waals surface area (Å²) in [5.41, 5.74) is 0.723. The first-order valence-corrected chi connectivity index (χ1v) is 7.68. The molecule has 1 aromatic rings. The van der Waals surface area contributed by atoms with Crippen molar-refractivity contribution in [1.29, 1.82) is 0 Å². The highest BCUT2D eigenvalue weighted by atomic mass is 16.6. The van der Waals surface area contributed by atoms with E-state index >= 15 is 0 Å². The van der Waals surface area contributed by atoms with Crippen molar-refractivity contribution >= 4 is 6.29 Å². The molecule has 1 heterocycles. The molecule has 1 unspecified atom stereocenters. The number of carbonyl (C=O) groups is 1. The highest BCUT2D eigenvalue weighted by molar-refractivity contribution is 5.76. The van der Waals surface area contributed by atoms with Gasteiger partial charge in [-0.15, -0.1) is 0 Å². The third-order valence-electron chi connectivity index (χ3n) is 4.60. The van der Waals surface area contributed by atoms with Gasteiger partial charge in [0.15, 0.2) is 11.5 Å². The largest absolute Gasteiger partial charge is 0.493 e. The van der Waals surface area contributed by atoms with E-state index in [4.69, 9.17) is 14.2 Å². The van der Waals surface area contributed by atoms with E-state index in [1.165, 1.54) is 25.7 Å². The molecule has 0 N–H and O–H groups in total. The van der Waals surface area contributed by atoms with Crippen LogP contribution in [0, 0.1) is 0 Å². The van der Waals surface area contributed by atoms with Gasteiger partial charge in [-0.3, -0.25) is 4.79 Å². The van der Waals surface area contributed by atoms with Crippen LogP contribution >= 0.6 is 0 Å². The summed E-state index contributed by atoms with van der Waals surface area (Å²) < 4.78 is 17.3. The van der Waals surface area contributed by atoms with E-state index in [9.17, 15) is 4.79 Å². The Morgan fingerprint density at radius 3 is 2.81 bits per heavy atom. The average molecular weight is 290 g/mol. The van der Waals surface area contributed by atoms with E-state index in [1.54, 1.807) is 25.3 Å². The number of carbonyl (C=O) groups excluding carboxylic acids is 1. The summed E-state index contributed by atoms with van der Waals surface area (Å²) in [5.74, 6) is 1.26. The lowest BCUT2D eigenvalue weighted by Crippen LogP contribution is -2.27. The maximum Gasteiger partial charge on any atom is 0.161 e. The van der Waals surface area contributed by atoms with Gasteiger partial charge in [-0.1, -0.05) is 12.8 Å². The van der Waals surface area contributed by atoms with Crippen molar-refractivity contribution in [3.63, 3.8) is 0 Å². The highest BCUT2D eigenvalue weighted by Gasteiger charge is 2.42. The Balaban J connectivity index is 1.59. The number of aldehydes is 1. The van der Waals surface area contributed by atoms with Gasteiger partial charge in [-0.2, -0.15) is 0 Å². The summed E-state index contributed by atoms with van der Waals surface area (Å²) in [6, 6.07) is 5.21. The Hall–Kier alpha value is -1.55. The molecule has 1 saturated heterocycles. The molecule has 4 heteroatoms. The molecule has 2 fully saturated rings. The molecule has 1 aromatic carbocycles. The highest BCUT2D eigenvalue weighted by Crippen LogP contribution is 2.43. The fourth-order valence-electron chi connectivity index (χ4n) is 3.46. The van der Waals surface area contributed by atoms with E-state index in [1.807, 2.05) is 0 Å². The van der Waals surface area contributed by atoms with E-state index in [2.05, 4.69) is 0 Å². The van der Waals surface area contributed by atoms with Crippen molar-refractivity contribution in [2.75, 3.05) is 13.7 Å². The van der Waals surface area contributed by atoms with Crippen molar-refractivity contribution in [3.05, 3.63) is 23.8 Å². The van der Waals surface area contributed by atoms with Gasteiger partial charge in [0.2, 0.25) is 0 Å². The number of ether oxygens (including phenoxy) is 3. The second kappa shape index (κ2) is 6.06. The minimum absolute atomic E-state index is 0.138. The molecule has 0 amide bonds. The van der Waals surface area contributed by atoms with E-state index in [0.717, 1.165) is 19.1 Å². The monoisotopic (exact) mass is 290 g/mol. The minimum atomic E-state index is 0.138. The number of rotatable bonds is 5. The van der Waals surface area contributed by atoms with Gasteiger partial charge in [-0.05, 0) is 43.9 Å². The summed E-state index contributed by atoms with van der Waals surface area (Å²) in [7, 11) is 1.58. The molecular formula is C17H22O4. The Bertz CT molecular complexity index is 506. The Labute approximate surface area is 125 Å². The lowest BCUT2D eigenvalue weighted by molar-refractivity contribution is -0.0510. The molecule has 1 spiro atoms. The van der Waals surface area contributed by atoms with Crippen LogP contribution in [0.1, 0.15) is 48.9 Å². The number of hydrogen-bond donors (Lipinski definition) is 0. The van der Waals surface area contributed by atoms with E-state index < -0.39 is 0 Å². The topological polar surface area (TPSA) is 44.8 Å². The van der Waals surface area contributed by atoms with Gasteiger partial charge in [-0.25, -0.2) is 0 Å². The normalized spacial score (nSPS) is 23.4. The summed E-state index contributed by atoms with van der Waals surface area (Å²) >= 11 is 0. The number of methoxy groups -OCH3 is 1. The maximum atomic E-state index is 10.8. The average Bonchev–Trinajstić information content (AvgIpc) is 3.15. The van der Waals surface area contributed by atoms with Crippen LogP contribution in [0.2, 0.25) is 0 Å². The van der Waals surface area contributed by atoms with Gasteiger partial charge in [0, 0.05) is 5.56 Å². The zero-order valence-corrected chi connectivity index (χ0v) is 12.5. The predicted octanol–water partition coefficient (Wildman–Crippen LogP) is 3.38. The molecule has 21 heavy (non-hydrogen) atoms. The molecular weight excluding hydrogens is 268 g/mol. The minimum Gasteiger partial charge on any atom is -0.493 e. The SMILES string of the molecule is COc1cc(C=O)ccc1OCC1CCC2(CCCC2)O1. The zero-order chi connectivity index (χ0) is 14.7. The molecule has 1 aliphatic carbocycles. The number of benzene rings is 1. The second-order valence-corrected chi connectivity index (χ2v) is 6.01. The van der Waals surface area contributed by atoms with Gasteiger partial charge in [0.1, 0.15) is 12.9 Å². The first kappa shape index (κ1) is 14.4. The Morgan fingerprint density at radius 2 is 2.10 bits per heavy atom. The van der Waals surface area contributed by atoms with Gasteiger partial charge < -0.3 is 14.2 Å². The van der Waals surface area contributed by atoms with Crippen LogP contribution in [0.15, 0.2) is 18.2 Å². The van der Waals surface area contributed by atoms with Crippen LogP contribution in [-0.4, -0.2) is 31.7 Å². The Kier molecular flexibility index (Phi) is 4.15. The Morgan fingerprint density at radius 1 is 1.29 bits per heavy atom. The summed E-state index contributed by atoms with van der Waals surface area (Å²) in [6.45, 7) is 0.540. The summed E-state index contributed by atoms with van der Waals surface area (Å²) in [6.07, 6.45) is 8.15. The smallest absolute Gasteiger partial charge is 0.161 e. The lowest BCUT2D eigenvalue weighted by Gasteiger charge is -2.24. The molecule has 0 radical (unpaired) electrons. The van der Waals surface area contributed by atoms with E-state index in [0.29, 0.717) is 23.7 Å². The lowest BCUT2D eigenvalue weighted by atomic mass is 9.98. The molecule has 4 nitrogen and oxygen atoms in total. The number of hydrogen-bond acceptors (Lipinski definition) is 4. The standard InChI is InChI=1S/C17H22O4/c1-19-16-10-13(11-18)4-5-15(16)20-12-14-6-9-17(21-14)7-2-3-8-17/h4-5,10-11,14H,2-3,6-9,12H2,1H3. The molecule has 0 bridgehead atoms. The first-order valence-electron chi connectivity index (χ1n) is 7.68. The van der Waals surface area contributed by atoms with Crippen LogP contribution < -0.4 is 9.47 Å². The van der Waals surface area contributed by atoms with Crippen LogP contribution in [0.25, 0.3) is 0 Å². The third-order valence-corrected chi connectivity index (χ3v) is 4.60. The molecule has 2 aliphatic rings. The van der Waals surface area contributed by atoms with Crippen LogP contribution in [0.4, 0.5) is 0 Å². The molecule has 0 aromatic heterocycles. The van der Waals surface area contributed by atoms with Crippen LogP contribution in [0.5, 0.6) is 11.5 Å². The fraction of sp³-hybridized carbons (Fsp3) is 0.588. The van der Waals surface area contributed by atoms with Gasteiger partial charge in [0.25, 0.3) is 0 Å². The van der Waals surface area contributed by atoms with Crippen LogP contribution in [0.3, 0.4) is 0 Å². The van der Waals surface area contributed by atoms with Crippen LogP contribution in [-0.2, 0) is 4.74 Å². The maximum absolute atomic E-state index is 10.8. The van der Waals surface area contributed by atoms with Crippen molar-refractivity contribution in [3.8, 4) is 11.5 Å². The predicted molar refractivity (Wildman–Crippen MR) is 79.2 cm³/mol. The van der Waals surface area contributed by atoms with Crippen molar-refractivity contribution in [1.82, 2.24) is 0 Å². The summed E-state index contributed by atoms with van der Waals surface area (Å²) in [4.78, 5) is 10.8. The molecule has 114 valence electrons. The fourth-order valence-corrected chi connectivity index (χ4v) is 3.46. The van der Waals surface area contributed by atoms with Gasteiger partial charge in [0.05, 0.1) is 18.8 Å². The van der Waals surface area contributed by atoms with Crippen molar-refractivity contribution in [2.24, 2.45) is 0 Å². The second-order valence-electron chi connectivity index (χ2n) is 6.01. The van der Waals surface area contributed by atoms with Gasteiger partial charge >= 0.3 is 0 Å². The molecule has 1 atom stereocenters. The molecule has 1 saturated carbocycles. The first-order chi connectivity index (χ1) is 10.2. The third kappa shape index (κ3) is 3.05. The van der Waals surface area contributed by atoms with Crippen molar-refractivity contribution in [2.45, 2.75) is 50.2 Å². The quantitative estimate of drug-likeness (QED) is 0.780. The zero-order valence-electron chi connectivity index (χ0n) is 12.5. The molecule has 1 aliphatic heterocycles. The molecule has 3 rings (SSSR count). The van der Waals surface area contributed by atoms with E-state index in [-0.39, 0.29) is 11.7 Å². The summed E-state index contributed by atoms with van der Waals surface area (Å²) in [5, 5.41) is 0.